The average molecular weight is 258 g/mol. The molecule has 0 aliphatic heterocycles. The summed E-state index contributed by atoms with van der Waals surface area (Å²) in [6.07, 6.45) is 8.55. The first kappa shape index (κ1) is 14.4. The fourth-order valence-electron chi connectivity index (χ4n) is 1.51. The van der Waals surface area contributed by atoms with Crippen molar-refractivity contribution in [1.29, 1.82) is 0 Å². The molecule has 1 saturated carbocycles. The highest BCUT2D eigenvalue weighted by Crippen LogP contribution is 2.35. The Bertz CT molecular complexity index is 229. The van der Waals surface area contributed by atoms with E-state index >= 15 is 0 Å². The van der Waals surface area contributed by atoms with Gasteiger partial charge in [0.05, 0.1) is 0 Å². The molecule has 0 bridgehead atoms. The Morgan fingerprint density at radius 1 is 1.38 bits per heavy atom. The Hall–Kier alpha value is 0.310. The molecule has 1 fully saturated rings. The largest absolute Gasteiger partial charge is 0.287 e. The summed E-state index contributed by atoms with van der Waals surface area (Å²) in [4.78, 5) is 11.8. The summed E-state index contributed by atoms with van der Waals surface area (Å²) in [5.74, 6) is 1.82. The predicted octanol–water partition coefficient (Wildman–Crippen LogP) is 3.70. The minimum absolute atomic E-state index is 0.0139. The maximum absolute atomic E-state index is 11.8. The summed E-state index contributed by atoms with van der Waals surface area (Å²) >= 11 is 7.31. The van der Waals surface area contributed by atoms with Crippen LogP contribution < -0.4 is 0 Å². The fourth-order valence-corrected chi connectivity index (χ4v) is 2.76. The van der Waals surface area contributed by atoms with Crippen LogP contribution in [0.15, 0.2) is 0 Å². The number of alkyl halides is 1. The van der Waals surface area contributed by atoms with E-state index in [0.29, 0.717) is 12.3 Å². The van der Waals surface area contributed by atoms with E-state index in [-0.39, 0.29) is 15.8 Å². The van der Waals surface area contributed by atoms with Crippen molar-refractivity contribution in [2.45, 2.75) is 31.9 Å². The predicted molar refractivity (Wildman–Crippen MR) is 71.6 cm³/mol. The number of thioether (sulfide) groups is 1. The van der Waals surface area contributed by atoms with Crippen LogP contribution in [0, 0.1) is 37.5 Å². The third-order valence-electron chi connectivity index (χ3n) is 2.18. The Labute approximate surface area is 109 Å². The van der Waals surface area contributed by atoms with Crippen LogP contribution in [0.25, 0.3) is 0 Å². The standard InChI is InChI=1S/C13H18ClOS/c1-13(2,3)16-12(15)8-11(9-14)10-6-4-5-7-10/h4-7,11H,8-9H2,1-3H3/t11-/m1/s1. The zero-order chi connectivity index (χ0) is 12.2. The normalized spacial score (nSPS) is 20.0. The van der Waals surface area contributed by atoms with Crippen molar-refractivity contribution >= 4 is 28.5 Å². The van der Waals surface area contributed by atoms with E-state index in [1.165, 1.54) is 11.8 Å². The summed E-state index contributed by atoms with van der Waals surface area (Å²) in [5, 5.41) is 0.222. The molecule has 0 aromatic heterocycles. The third-order valence-corrected chi connectivity index (χ3v) is 3.56. The Balaban J connectivity index is 2.40. The van der Waals surface area contributed by atoms with Gasteiger partial charge in [-0.15, -0.1) is 11.6 Å². The molecule has 0 heterocycles. The highest BCUT2D eigenvalue weighted by molar-refractivity contribution is 8.14. The van der Waals surface area contributed by atoms with Gasteiger partial charge in [0, 0.05) is 17.0 Å². The Morgan fingerprint density at radius 3 is 2.38 bits per heavy atom. The lowest BCUT2D eigenvalue weighted by atomic mass is 9.90. The summed E-state index contributed by atoms with van der Waals surface area (Å²) in [6, 6.07) is 0. The van der Waals surface area contributed by atoms with Crippen molar-refractivity contribution in [2.24, 2.45) is 5.92 Å². The first-order valence-electron chi connectivity index (χ1n) is 5.42. The maximum Gasteiger partial charge on any atom is 0.189 e. The molecule has 0 saturated heterocycles. The number of halogens is 1. The van der Waals surface area contributed by atoms with Gasteiger partial charge in [-0.05, 0) is 37.5 Å². The number of rotatable bonds is 4. The van der Waals surface area contributed by atoms with Crippen molar-refractivity contribution in [3.63, 3.8) is 0 Å². The average Bonchev–Trinajstić information content (AvgIpc) is 2.63. The molecule has 0 unspecified atom stereocenters. The quantitative estimate of drug-likeness (QED) is 0.715. The van der Waals surface area contributed by atoms with Gasteiger partial charge in [0.15, 0.2) is 5.12 Å². The van der Waals surface area contributed by atoms with Crippen LogP contribution in [0.5, 0.6) is 0 Å². The SMILES string of the molecule is CC(C)(C)SC(=O)C[C@H](CCl)[C]1[CH][CH][CH][CH]1. The minimum Gasteiger partial charge on any atom is -0.287 e. The van der Waals surface area contributed by atoms with Gasteiger partial charge in [0.1, 0.15) is 0 Å². The number of carbonyl (C=O) groups is 1. The molecule has 0 N–H and O–H groups in total. The van der Waals surface area contributed by atoms with E-state index in [4.69, 9.17) is 11.6 Å². The third kappa shape index (κ3) is 5.09. The van der Waals surface area contributed by atoms with E-state index in [1.54, 1.807) is 0 Å². The van der Waals surface area contributed by atoms with Crippen LogP contribution in [-0.2, 0) is 4.79 Å². The van der Waals surface area contributed by atoms with Crippen molar-refractivity contribution in [3.05, 3.63) is 31.6 Å². The molecule has 0 aromatic carbocycles. The second-order valence-electron chi connectivity index (χ2n) is 4.86. The lowest BCUT2D eigenvalue weighted by Gasteiger charge is -2.21. The molecule has 1 rings (SSSR count). The lowest BCUT2D eigenvalue weighted by Crippen LogP contribution is -2.19. The summed E-state index contributed by atoms with van der Waals surface area (Å²) in [6.45, 7) is 6.15. The van der Waals surface area contributed by atoms with Crippen molar-refractivity contribution in [2.75, 3.05) is 5.88 Å². The van der Waals surface area contributed by atoms with E-state index < -0.39 is 0 Å². The molecule has 1 nitrogen and oxygen atoms in total. The summed E-state index contributed by atoms with van der Waals surface area (Å²) in [7, 11) is 0. The fraction of sp³-hybridized carbons (Fsp3) is 0.538. The van der Waals surface area contributed by atoms with Crippen LogP contribution in [0.1, 0.15) is 27.2 Å². The molecule has 0 spiro atoms. The van der Waals surface area contributed by atoms with E-state index in [2.05, 4.69) is 0 Å². The molecule has 89 valence electrons. The second-order valence-corrected chi connectivity index (χ2v) is 7.05. The van der Waals surface area contributed by atoms with E-state index in [0.717, 1.165) is 5.92 Å². The summed E-state index contributed by atoms with van der Waals surface area (Å²) in [5.41, 5.74) is 0. The smallest absolute Gasteiger partial charge is 0.189 e. The zero-order valence-corrected chi connectivity index (χ0v) is 11.6. The molecular weight excluding hydrogens is 240 g/mol. The zero-order valence-electron chi connectivity index (χ0n) is 10.00. The van der Waals surface area contributed by atoms with Gasteiger partial charge in [-0.1, -0.05) is 32.5 Å². The molecule has 1 atom stereocenters. The van der Waals surface area contributed by atoms with Gasteiger partial charge >= 0.3 is 0 Å². The van der Waals surface area contributed by atoms with Crippen LogP contribution in [0.2, 0.25) is 0 Å². The minimum atomic E-state index is -0.0139. The van der Waals surface area contributed by atoms with E-state index in [1.807, 2.05) is 46.5 Å². The molecule has 3 heteroatoms. The first-order valence-corrected chi connectivity index (χ1v) is 6.77. The van der Waals surface area contributed by atoms with Crippen molar-refractivity contribution < 1.29 is 4.79 Å². The molecule has 0 amide bonds. The van der Waals surface area contributed by atoms with Gasteiger partial charge in [-0.3, -0.25) is 4.79 Å². The van der Waals surface area contributed by atoms with Crippen molar-refractivity contribution in [3.8, 4) is 0 Å². The highest BCUT2D eigenvalue weighted by atomic mass is 35.5. The van der Waals surface area contributed by atoms with Crippen LogP contribution >= 0.6 is 23.4 Å². The van der Waals surface area contributed by atoms with Gasteiger partial charge in [0.2, 0.25) is 0 Å². The highest BCUT2D eigenvalue weighted by Gasteiger charge is 2.28. The lowest BCUT2D eigenvalue weighted by molar-refractivity contribution is -0.111. The molecule has 16 heavy (non-hydrogen) atoms. The maximum atomic E-state index is 11.8. The second kappa shape index (κ2) is 6.30. The molecule has 1 aliphatic rings. The van der Waals surface area contributed by atoms with Crippen LogP contribution in [0.4, 0.5) is 0 Å². The summed E-state index contributed by atoms with van der Waals surface area (Å²) < 4.78 is -0.0139. The molecule has 1 aliphatic carbocycles. The first-order chi connectivity index (χ1) is 7.42. The molecule has 0 aromatic rings. The van der Waals surface area contributed by atoms with Crippen LogP contribution in [0.3, 0.4) is 0 Å². The van der Waals surface area contributed by atoms with Gasteiger partial charge in [0.25, 0.3) is 0 Å². The van der Waals surface area contributed by atoms with Gasteiger partial charge in [-0.2, -0.15) is 0 Å². The van der Waals surface area contributed by atoms with Crippen LogP contribution in [-0.4, -0.2) is 15.7 Å². The Morgan fingerprint density at radius 2 is 1.94 bits per heavy atom. The topological polar surface area (TPSA) is 17.1 Å². The van der Waals surface area contributed by atoms with Gasteiger partial charge < -0.3 is 0 Å². The number of hydrogen-bond donors (Lipinski definition) is 0. The molecule has 5 radical (unpaired) electrons. The number of hydrogen-bond acceptors (Lipinski definition) is 2. The molecular formula is C13H18ClOS. The monoisotopic (exact) mass is 257 g/mol. The van der Waals surface area contributed by atoms with Gasteiger partial charge in [-0.25, -0.2) is 0 Å². The Kier molecular flexibility index (Phi) is 5.66. The van der Waals surface area contributed by atoms with E-state index in [9.17, 15) is 4.79 Å². The van der Waals surface area contributed by atoms with Crippen molar-refractivity contribution in [1.82, 2.24) is 0 Å². The number of carbonyl (C=O) groups excluding carboxylic acids is 1.